The molecule has 0 aromatic heterocycles. The number of nitrogens with one attached hydrogen (secondary N) is 2. The molecular weight excluding hydrogens is 405 g/mol. The van der Waals surface area contributed by atoms with Crippen molar-refractivity contribution in [1.29, 1.82) is 0 Å². The summed E-state index contributed by atoms with van der Waals surface area (Å²) in [5.74, 6) is -0.281. The van der Waals surface area contributed by atoms with Gasteiger partial charge in [-0.2, -0.15) is 8.78 Å². The van der Waals surface area contributed by atoms with E-state index in [0.717, 1.165) is 32.5 Å². The fourth-order valence-corrected chi connectivity index (χ4v) is 3.78. The van der Waals surface area contributed by atoms with E-state index in [2.05, 4.69) is 56.5 Å². The van der Waals surface area contributed by atoms with Gasteiger partial charge in [-0.25, -0.2) is 4.39 Å². The average molecular weight is 435 g/mol. The van der Waals surface area contributed by atoms with Crippen LogP contribution in [0.25, 0.3) is 0 Å². The second-order valence-electron chi connectivity index (χ2n) is 7.70. The zero-order valence-corrected chi connectivity index (χ0v) is 17.9. The lowest BCUT2D eigenvalue weighted by atomic mass is 10.0. The van der Waals surface area contributed by atoms with Crippen LogP contribution in [0.1, 0.15) is 29.5 Å². The van der Waals surface area contributed by atoms with Gasteiger partial charge >= 0.3 is 6.61 Å². The number of ether oxygens (including phenoxy) is 1. The Hall–Kier alpha value is -2.74. The third-order valence-corrected chi connectivity index (χ3v) is 5.37. The minimum atomic E-state index is -3.01. The Morgan fingerprint density at radius 2 is 1.94 bits per heavy atom. The Morgan fingerprint density at radius 1 is 1.19 bits per heavy atom. The number of halogens is 3. The van der Waals surface area contributed by atoms with Crippen LogP contribution in [-0.4, -0.2) is 43.6 Å². The maximum atomic E-state index is 14.1. The number of hydrogen-bond acceptors (Lipinski definition) is 3. The van der Waals surface area contributed by atoms with E-state index in [1.54, 1.807) is 7.05 Å². The van der Waals surface area contributed by atoms with E-state index in [1.165, 1.54) is 29.3 Å². The van der Waals surface area contributed by atoms with E-state index in [0.29, 0.717) is 5.96 Å². The number of alkyl halides is 2. The van der Waals surface area contributed by atoms with Gasteiger partial charge in [-0.3, -0.25) is 9.89 Å². The highest BCUT2D eigenvalue weighted by Crippen LogP contribution is 2.23. The molecule has 0 unspecified atom stereocenters. The topological polar surface area (TPSA) is 48.9 Å². The van der Waals surface area contributed by atoms with Crippen LogP contribution in [0.5, 0.6) is 5.75 Å². The zero-order valence-electron chi connectivity index (χ0n) is 17.9. The van der Waals surface area contributed by atoms with E-state index in [-0.39, 0.29) is 23.9 Å². The summed E-state index contributed by atoms with van der Waals surface area (Å²) in [6.07, 6.45) is 1.90. The van der Waals surface area contributed by atoms with Gasteiger partial charge in [0.15, 0.2) is 5.96 Å². The van der Waals surface area contributed by atoms with Gasteiger partial charge in [-0.15, -0.1) is 0 Å². The average Bonchev–Trinajstić information content (AvgIpc) is 2.73. The van der Waals surface area contributed by atoms with Gasteiger partial charge in [0.1, 0.15) is 11.6 Å². The van der Waals surface area contributed by atoms with Crippen molar-refractivity contribution in [2.75, 3.05) is 20.1 Å². The van der Waals surface area contributed by atoms with E-state index in [4.69, 9.17) is 0 Å². The molecule has 2 N–H and O–H groups in total. The largest absolute Gasteiger partial charge is 0.434 e. The predicted molar refractivity (Wildman–Crippen MR) is 116 cm³/mol. The second kappa shape index (κ2) is 11.0. The first-order valence-electron chi connectivity index (χ1n) is 10.4. The molecule has 1 aliphatic heterocycles. The summed E-state index contributed by atoms with van der Waals surface area (Å²) in [5, 5.41) is 6.36. The predicted octanol–water partition coefficient (Wildman–Crippen LogP) is 4.07. The SMILES string of the molecule is CN=C(NCc1c(F)cccc1OC(F)F)NC1CCN(Cc2cccc(C)c2)CC1. The Bertz CT molecular complexity index is 883. The Labute approximate surface area is 181 Å². The van der Waals surface area contributed by atoms with Crippen molar-refractivity contribution in [1.82, 2.24) is 15.5 Å². The molecule has 2 aromatic rings. The smallest absolute Gasteiger partial charge is 0.387 e. The summed E-state index contributed by atoms with van der Waals surface area (Å²) < 4.78 is 43.7. The van der Waals surface area contributed by atoms with Crippen LogP contribution >= 0.6 is 0 Å². The van der Waals surface area contributed by atoms with Gasteiger partial charge in [0, 0.05) is 44.8 Å². The first kappa shape index (κ1) is 22.9. The van der Waals surface area contributed by atoms with Gasteiger partial charge in [-0.05, 0) is 37.5 Å². The summed E-state index contributed by atoms with van der Waals surface area (Å²) >= 11 is 0. The molecule has 1 saturated heterocycles. The summed E-state index contributed by atoms with van der Waals surface area (Å²) in [7, 11) is 1.63. The molecule has 168 valence electrons. The lowest BCUT2D eigenvalue weighted by Crippen LogP contribution is -2.48. The van der Waals surface area contributed by atoms with Crippen LogP contribution in [0.2, 0.25) is 0 Å². The van der Waals surface area contributed by atoms with Gasteiger partial charge in [0.2, 0.25) is 0 Å². The number of aryl methyl sites for hydroxylation is 1. The van der Waals surface area contributed by atoms with Crippen LogP contribution in [0.15, 0.2) is 47.5 Å². The Balaban J connectivity index is 1.49. The van der Waals surface area contributed by atoms with Crippen molar-refractivity contribution in [2.45, 2.75) is 45.5 Å². The molecule has 0 spiro atoms. The van der Waals surface area contributed by atoms with Crippen LogP contribution < -0.4 is 15.4 Å². The molecule has 0 atom stereocenters. The van der Waals surface area contributed by atoms with Crippen LogP contribution in [0, 0.1) is 12.7 Å². The molecule has 1 aliphatic rings. The number of benzene rings is 2. The lowest BCUT2D eigenvalue weighted by Gasteiger charge is -2.33. The molecule has 0 amide bonds. The van der Waals surface area contributed by atoms with E-state index >= 15 is 0 Å². The summed E-state index contributed by atoms with van der Waals surface area (Å²) in [6, 6.07) is 12.7. The van der Waals surface area contributed by atoms with Crippen LogP contribution in [0.4, 0.5) is 13.2 Å². The van der Waals surface area contributed by atoms with Crippen molar-refractivity contribution in [3.8, 4) is 5.75 Å². The van der Waals surface area contributed by atoms with Crippen LogP contribution in [0.3, 0.4) is 0 Å². The third-order valence-electron chi connectivity index (χ3n) is 5.37. The summed E-state index contributed by atoms with van der Waals surface area (Å²) in [5.41, 5.74) is 2.62. The molecule has 1 fully saturated rings. The molecule has 31 heavy (non-hydrogen) atoms. The number of hydrogen-bond donors (Lipinski definition) is 2. The van der Waals surface area contributed by atoms with Crippen molar-refractivity contribution in [3.63, 3.8) is 0 Å². The number of likely N-dealkylation sites (tertiary alicyclic amines) is 1. The zero-order chi connectivity index (χ0) is 22.2. The highest BCUT2D eigenvalue weighted by molar-refractivity contribution is 5.80. The molecular formula is C23H29F3N4O. The third kappa shape index (κ3) is 6.89. The molecule has 0 saturated carbocycles. The monoisotopic (exact) mass is 434 g/mol. The molecule has 8 heteroatoms. The minimum Gasteiger partial charge on any atom is -0.434 e. The maximum absolute atomic E-state index is 14.1. The summed E-state index contributed by atoms with van der Waals surface area (Å²) in [4.78, 5) is 6.61. The van der Waals surface area contributed by atoms with Gasteiger partial charge in [-0.1, -0.05) is 35.9 Å². The minimum absolute atomic E-state index is 0.0133. The number of aliphatic imine (C=N–C) groups is 1. The first-order chi connectivity index (χ1) is 14.9. The second-order valence-corrected chi connectivity index (χ2v) is 7.70. The van der Waals surface area contributed by atoms with Crippen molar-refractivity contribution in [2.24, 2.45) is 4.99 Å². The lowest BCUT2D eigenvalue weighted by molar-refractivity contribution is -0.0506. The Morgan fingerprint density at radius 3 is 2.61 bits per heavy atom. The van der Waals surface area contributed by atoms with Crippen molar-refractivity contribution in [3.05, 3.63) is 65.0 Å². The van der Waals surface area contributed by atoms with Crippen molar-refractivity contribution < 1.29 is 17.9 Å². The summed E-state index contributed by atoms with van der Waals surface area (Å²) in [6.45, 7) is 1.93. The number of guanidine groups is 1. The first-order valence-corrected chi connectivity index (χ1v) is 10.4. The number of rotatable bonds is 7. The van der Waals surface area contributed by atoms with Gasteiger partial charge in [0.05, 0.1) is 0 Å². The van der Waals surface area contributed by atoms with E-state index in [9.17, 15) is 13.2 Å². The number of nitrogens with zero attached hydrogens (tertiary/aromatic N) is 2. The fourth-order valence-electron chi connectivity index (χ4n) is 3.78. The van der Waals surface area contributed by atoms with E-state index in [1.807, 2.05) is 0 Å². The highest BCUT2D eigenvalue weighted by Gasteiger charge is 2.21. The van der Waals surface area contributed by atoms with Crippen molar-refractivity contribution >= 4 is 5.96 Å². The normalized spacial score (nSPS) is 15.9. The molecule has 3 rings (SSSR count). The molecule has 1 heterocycles. The molecule has 5 nitrogen and oxygen atoms in total. The van der Waals surface area contributed by atoms with Gasteiger partial charge < -0.3 is 15.4 Å². The quantitative estimate of drug-likeness (QED) is 0.510. The molecule has 0 bridgehead atoms. The highest BCUT2D eigenvalue weighted by atomic mass is 19.3. The van der Waals surface area contributed by atoms with E-state index < -0.39 is 12.4 Å². The Kier molecular flexibility index (Phi) is 8.17. The number of piperidine rings is 1. The molecule has 2 aromatic carbocycles. The molecule has 0 aliphatic carbocycles. The fraction of sp³-hybridized carbons (Fsp3) is 0.435. The van der Waals surface area contributed by atoms with Gasteiger partial charge in [0.25, 0.3) is 0 Å². The maximum Gasteiger partial charge on any atom is 0.387 e. The molecule has 0 radical (unpaired) electrons. The standard InChI is InChI=1S/C23H29F3N4O/c1-16-5-3-6-17(13-16)15-30-11-9-18(10-12-30)29-23(27-2)28-14-19-20(24)7-4-8-21(19)31-22(25)26/h3-8,13,18,22H,9-12,14-15H2,1-2H3,(H2,27,28,29). The van der Waals surface area contributed by atoms with Crippen LogP contribution in [-0.2, 0) is 13.1 Å².